The number of carbonyl (C=O) groups excluding carboxylic acids is 1. The molecule has 0 heterocycles. The number of carbonyl (C=O) groups is 1. The van der Waals surface area contributed by atoms with Crippen LogP contribution in [0.3, 0.4) is 0 Å². The van der Waals surface area contributed by atoms with E-state index >= 15 is 0 Å². The summed E-state index contributed by atoms with van der Waals surface area (Å²) in [7, 11) is 0. The quantitative estimate of drug-likeness (QED) is 0.468. The van der Waals surface area contributed by atoms with Gasteiger partial charge >= 0.3 is 0 Å². The van der Waals surface area contributed by atoms with Crippen LogP contribution in [0.2, 0.25) is 0 Å². The Kier molecular flexibility index (Phi) is 4.35. The highest BCUT2D eigenvalue weighted by Crippen LogP contribution is 2.27. The van der Waals surface area contributed by atoms with Crippen molar-refractivity contribution in [2.24, 2.45) is 0 Å². The molecule has 0 aliphatic rings. The standard InChI is InChI=1S/C24H20N2O/c1-16-4-2-5-19-6-3-7-22(23(16)19)26-24(27)20-10-8-17(9-11-20)18-12-14-21(25)15-13-18/h2-15H,25H2,1H3,(H,26,27). The van der Waals surface area contributed by atoms with Crippen molar-refractivity contribution < 1.29 is 4.79 Å². The van der Waals surface area contributed by atoms with E-state index in [4.69, 9.17) is 5.73 Å². The van der Waals surface area contributed by atoms with Crippen molar-refractivity contribution in [2.75, 3.05) is 11.1 Å². The number of aryl methyl sites for hydroxylation is 1. The third kappa shape index (κ3) is 3.40. The number of amides is 1. The SMILES string of the molecule is Cc1cccc2cccc(NC(=O)c3ccc(-c4ccc(N)cc4)cc3)c12. The van der Waals surface area contributed by atoms with Crippen molar-refractivity contribution in [1.82, 2.24) is 0 Å². The van der Waals surface area contributed by atoms with Gasteiger partial charge in [0.25, 0.3) is 5.91 Å². The lowest BCUT2D eigenvalue weighted by Gasteiger charge is -2.11. The lowest BCUT2D eigenvalue weighted by molar-refractivity contribution is 0.102. The number of nitrogens with two attached hydrogens (primary N) is 1. The summed E-state index contributed by atoms with van der Waals surface area (Å²) < 4.78 is 0. The minimum atomic E-state index is -0.116. The van der Waals surface area contributed by atoms with Crippen LogP contribution in [0, 0.1) is 6.92 Å². The molecule has 0 spiro atoms. The fourth-order valence-corrected chi connectivity index (χ4v) is 3.32. The van der Waals surface area contributed by atoms with Crippen LogP contribution in [0.5, 0.6) is 0 Å². The average Bonchev–Trinajstić information content (AvgIpc) is 2.69. The minimum absolute atomic E-state index is 0.116. The van der Waals surface area contributed by atoms with E-state index in [1.807, 2.05) is 66.7 Å². The van der Waals surface area contributed by atoms with Gasteiger partial charge in [0.1, 0.15) is 0 Å². The molecular formula is C24H20N2O. The van der Waals surface area contributed by atoms with Crippen LogP contribution in [0.25, 0.3) is 21.9 Å². The predicted octanol–water partition coefficient (Wildman–Crippen LogP) is 5.65. The molecule has 4 rings (SSSR count). The Morgan fingerprint density at radius 1 is 0.778 bits per heavy atom. The van der Waals surface area contributed by atoms with Gasteiger partial charge in [-0.2, -0.15) is 0 Å². The first-order valence-electron chi connectivity index (χ1n) is 8.87. The molecule has 0 saturated heterocycles. The van der Waals surface area contributed by atoms with Crippen LogP contribution >= 0.6 is 0 Å². The first-order valence-corrected chi connectivity index (χ1v) is 8.87. The molecule has 0 bridgehead atoms. The van der Waals surface area contributed by atoms with E-state index < -0.39 is 0 Å². The summed E-state index contributed by atoms with van der Waals surface area (Å²) in [6, 6.07) is 27.4. The zero-order valence-electron chi connectivity index (χ0n) is 15.1. The van der Waals surface area contributed by atoms with Gasteiger partial charge in [0.05, 0.1) is 0 Å². The number of rotatable bonds is 3. The molecule has 1 amide bonds. The summed E-state index contributed by atoms with van der Waals surface area (Å²) in [4.78, 5) is 12.7. The summed E-state index contributed by atoms with van der Waals surface area (Å²) in [6.45, 7) is 2.05. The van der Waals surface area contributed by atoms with E-state index in [-0.39, 0.29) is 5.91 Å². The summed E-state index contributed by atoms with van der Waals surface area (Å²) in [5.74, 6) is -0.116. The molecular weight excluding hydrogens is 332 g/mol. The van der Waals surface area contributed by atoms with Crippen LogP contribution in [-0.4, -0.2) is 5.91 Å². The van der Waals surface area contributed by atoms with Crippen molar-refractivity contribution in [3.63, 3.8) is 0 Å². The number of nitrogens with one attached hydrogen (secondary N) is 1. The maximum Gasteiger partial charge on any atom is 0.255 e. The van der Waals surface area contributed by atoms with Gasteiger partial charge in [0, 0.05) is 22.3 Å². The van der Waals surface area contributed by atoms with Crippen LogP contribution < -0.4 is 11.1 Å². The molecule has 0 saturated carbocycles. The average molecular weight is 352 g/mol. The first kappa shape index (κ1) is 16.9. The van der Waals surface area contributed by atoms with Crippen molar-refractivity contribution in [2.45, 2.75) is 6.92 Å². The number of anilines is 2. The maximum absolute atomic E-state index is 12.7. The van der Waals surface area contributed by atoms with Gasteiger partial charge in [-0.05, 0) is 59.3 Å². The van der Waals surface area contributed by atoms with E-state index in [1.165, 1.54) is 0 Å². The second-order valence-corrected chi connectivity index (χ2v) is 6.63. The number of fused-ring (bicyclic) bond motifs is 1. The third-order valence-corrected chi connectivity index (χ3v) is 4.75. The monoisotopic (exact) mass is 352 g/mol. The normalized spacial score (nSPS) is 10.7. The van der Waals surface area contributed by atoms with Gasteiger partial charge in [-0.15, -0.1) is 0 Å². The molecule has 132 valence electrons. The number of hydrogen-bond acceptors (Lipinski definition) is 2. The van der Waals surface area contributed by atoms with Gasteiger partial charge in [0.15, 0.2) is 0 Å². The second-order valence-electron chi connectivity index (χ2n) is 6.63. The van der Waals surface area contributed by atoms with Gasteiger partial charge in [-0.3, -0.25) is 4.79 Å². The second kappa shape index (κ2) is 6.96. The minimum Gasteiger partial charge on any atom is -0.399 e. The van der Waals surface area contributed by atoms with E-state index in [0.29, 0.717) is 5.56 Å². The molecule has 27 heavy (non-hydrogen) atoms. The fourth-order valence-electron chi connectivity index (χ4n) is 3.32. The summed E-state index contributed by atoms with van der Waals surface area (Å²) in [5.41, 5.74) is 11.2. The lowest BCUT2D eigenvalue weighted by Crippen LogP contribution is -2.12. The first-order chi connectivity index (χ1) is 13.1. The molecule has 3 N–H and O–H groups in total. The molecule has 0 aliphatic heterocycles. The third-order valence-electron chi connectivity index (χ3n) is 4.75. The van der Waals surface area contributed by atoms with Crippen LogP contribution in [-0.2, 0) is 0 Å². The maximum atomic E-state index is 12.7. The van der Waals surface area contributed by atoms with Gasteiger partial charge in [0.2, 0.25) is 0 Å². The number of hydrogen-bond donors (Lipinski definition) is 2. The molecule has 0 aliphatic carbocycles. The Labute approximate surface area is 158 Å². The highest BCUT2D eigenvalue weighted by atomic mass is 16.1. The Morgan fingerprint density at radius 3 is 2.04 bits per heavy atom. The van der Waals surface area contributed by atoms with E-state index in [1.54, 1.807) is 0 Å². The summed E-state index contributed by atoms with van der Waals surface area (Å²) in [6.07, 6.45) is 0. The Bertz CT molecular complexity index is 1110. The zero-order valence-corrected chi connectivity index (χ0v) is 15.1. The fraction of sp³-hybridized carbons (Fsp3) is 0.0417. The van der Waals surface area contributed by atoms with Crippen LogP contribution in [0.15, 0.2) is 84.9 Å². The lowest BCUT2D eigenvalue weighted by atomic mass is 10.0. The molecule has 3 nitrogen and oxygen atoms in total. The molecule has 0 aromatic heterocycles. The van der Waals surface area contributed by atoms with Crippen molar-refractivity contribution in [1.29, 1.82) is 0 Å². The topological polar surface area (TPSA) is 55.1 Å². The summed E-state index contributed by atoms with van der Waals surface area (Å²) >= 11 is 0. The highest BCUT2D eigenvalue weighted by molar-refractivity contribution is 6.10. The van der Waals surface area contributed by atoms with Gasteiger partial charge in [-0.25, -0.2) is 0 Å². The van der Waals surface area contributed by atoms with Crippen molar-refractivity contribution in [3.05, 3.63) is 96.1 Å². The number of nitrogen functional groups attached to an aromatic ring is 1. The van der Waals surface area contributed by atoms with E-state index in [2.05, 4.69) is 30.4 Å². The Morgan fingerprint density at radius 2 is 1.37 bits per heavy atom. The highest BCUT2D eigenvalue weighted by Gasteiger charge is 2.10. The van der Waals surface area contributed by atoms with E-state index in [0.717, 1.165) is 38.8 Å². The summed E-state index contributed by atoms with van der Waals surface area (Å²) in [5, 5.41) is 5.25. The molecule has 0 fully saturated rings. The molecule has 4 aromatic rings. The number of benzene rings is 4. The van der Waals surface area contributed by atoms with Gasteiger partial charge in [-0.1, -0.05) is 54.6 Å². The smallest absolute Gasteiger partial charge is 0.255 e. The Balaban J connectivity index is 1.60. The predicted molar refractivity (Wildman–Crippen MR) is 113 cm³/mol. The zero-order chi connectivity index (χ0) is 18.8. The van der Waals surface area contributed by atoms with E-state index in [9.17, 15) is 4.79 Å². The van der Waals surface area contributed by atoms with Crippen LogP contribution in [0.4, 0.5) is 11.4 Å². The molecule has 0 atom stereocenters. The van der Waals surface area contributed by atoms with Crippen molar-refractivity contribution in [3.8, 4) is 11.1 Å². The largest absolute Gasteiger partial charge is 0.399 e. The van der Waals surface area contributed by atoms with Gasteiger partial charge < -0.3 is 11.1 Å². The molecule has 0 unspecified atom stereocenters. The molecule has 0 radical (unpaired) electrons. The Hall–Kier alpha value is -3.59. The van der Waals surface area contributed by atoms with Crippen molar-refractivity contribution >= 4 is 28.1 Å². The van der Waals surface area contributed by atoms with Crippen LogP contribution in [0.1, 0.15) is 15.9 Å². The molecule has 4 aromatic carbocycles. The molecule has 3 heteroatoms.